The maximum Gasteiger partial charge on any atom is 0.243 e. The molecule has 0 aromatic heterocycles. The van der Waals surface area contributed by atoms with Crippen molar-refractivity contribution in [1.29, 1.82) is 0 Å². The van der Waals surface area contributed by atoms with Crippen molar-refractivity contribution in [3.63, 3.8) is 0 Å². The maximum atomic E-state index is 13.6. The van der Waals surface area contributed by atoms with E-state index in [-0.39, 0.29) is 36.0 Å². The van der Waals surface area contributed by atoms with Crippen LogP contribution in [-0.2, 0) is 22.6 Å². The molecular weight excluding hydrogens is 459 g/mol. The number of carbonyl (C=O) groups excluding carboxylic acids is 2. The van der Waals surface area contributed by atoms with Crippen LogP contribution < -0.4 is 5.32 Å². The summed E-state index contributed by atoms with van der Waals surface area (Å²) in [4.78, 5) is 29.9. The number of hydrogen-bond acceptors (Lipinski definition) is 3. The van der Waals surface area contributed by atoms with Gasteiger partial charge in [-0.1, -0.05) is 73.5 Å². The second kappa shape index (κ2) is 12.5. The van der Waals surface area contributed by atoms with Crippen molar-refractivity contribution in [2.24, 2.45) is 0 Å². The Balaban J connectivity index is 1.60. The van der Waals surface area contributed by atoms with Gasteiger partial charge < -0.3 is 10.2 Å². The third-order valence-electron chi connectivity index (χ3n) is 6.34. The fourth-order valence-electron chi connectivity index (χ4n) is 4.45. The number of benzene rings is 3. The van der Waals surface area contributed by atoms with Crippen molar-refractivity contribution >= 4 is 23.6 Å². The summed E-state index contributed by atoms with van der Waals surface area (Å²) in [7, 11) is 0. The minimum Gasteiger partial charge on any atom is -0.352 e. The van der Waals surface area contributed by atoms with Crippen LogP contribution in [0.25, 0.3) is 0 Å². The van der Waals surface area contributed by atoms with Crippen LogP contribution in [0.15, 0.2) is 89.8 Å². The summed E-state index contributed by atoms with van der Waals surface area (Å²) in [5.41, 5.74) is 1.78. The predicted octanol–water partition coefficient (Wildman–Crippen LogP) is 5.62. The van der Waals surface area contributed by atoms with Crippen LogP contribution in [0, 0.1) is 5.82 Å². The molecule has 0 saturated heterocycles. The molecule has 1 atom stereocenters. The number of nitrogens with one attached hydrogen (secondary N) is 1. The minimum atomic E-state index is -0.660. The molecule has 1 saturated carbocycles. The maximum absolute atomic E-state index is 13.6. The number of amides is 2. The first-order valence-corrected chi connectivity index (χ1v) is 13.1. The molecule has 35 heavy (non-hydrogen) atoms. The van der Waals surface area contributed by atoms with Crippen LogP contribution in [0.3, 0.4) is 0 Å². The molecule has 1 fully saturated rings. The van der Waals surface area contributed by atoms with Crippen molar-refractivity contribution < 1.29 is 14.0 Å². The van der Waals surface area contributed by atoms with Gasteiger partial charge in [-0.25, -0.2) is 4.39 Å². The van der Waals surface area contributed by atoms with Gasteiger partial charge in [-0.2, -0.15) is 0 Å². The van der Waals surface area contributed by atoms with Crippen molar-refractivity contribution in [2.45, 2.75) is 55.6 Å². The molecule has 0 bridgehead atoms. The largest absolute Gasteiger partial charge is 0.352 e. The van der Waals surface area contributed by atoms with Gasteiger partial charge in [0.25, 0.3) is 0 Å². The van der Waals surface area contributed by atoms with Crippen LogP contribution >= 0.6 is 11.8 Å². The van der Waals surface area contributed by atoms with E-state index in [0.29, 0.717) is 6.42 Å². The van der Waals surface area contributed by atoms with Gasteiger partial charge in [-0.15, -0.1) is 11.8 Å². The monoisotopic (exact) mass is 490 g/mol. The lowest BCUT2D eigenvalue weighted by molar-refractivity contribution is -0.139. The molecule has 4 rings (SSSR count). The molecule has 0 radical (unpaired) electrons. The highest BCUT2D eigenvalue weighted by Gasteiger charge is 2.32. The Morgan fingerprint density at radius 2 is 1.51 bits per heavy atom. The zero-order valence-electron chi connectivity index (χ0n) is 19.7. The van der Waals surface area contributed by atoms with Gasteiger partial charge in [0.15, 0.2) is 0 Å². The summed E-state index contributed by atoms with van der Waals surface area (Å²) < 4.78 is 13.5. The summed E-state index contributed by atoms with van der Waals surface area (Å²) in [5, 5.41) is 3.20. The lowest BCUT2D eigenvalue weighted by atomic mass is 10.0. The molecule has 0 spiro atoms. The van der Waals surface area contributed by atoms with Gasteiger partial charge in [-0.05, 0) is 48.2 Å². The van der Waals surface area contributed by atoms with E-state index in [9.17, 15) is 14.0 Å². The van der Waals surface area contributed by atoms with Crippen molar-refractivity contribution in [3.05, 3.63) is 102 Å². The van der Waals surface area contributed by atoms with E-state index in [1.807, 2.05) is 60.7 Å². The molecule has 182 valence electrons. The standard InChI is InChI=1S/C29H31FN2O2S/c30-24-17-15-23(16-18-24)20-32(28(33)21-35-26-13-5-2-6-14-26)27(19-22-9-3-1-4-10-22)29(34)31-25-11-7-8-12-25/h1-6,9-10,13-18,25,27H,7-8,11-12,19-21H2,(H,31,34)/t27-/m0/s1. The highest BCUT2D eigenvalue weighted by Crippen LogP contribution is 2.22. The number of thioether (sulfide) groups is 1. The summed E-state index contributed by atoms with van der Waals surface area (Å²) in [6.45, 7) is 0.240. The van der Waals surface area contributed by atoms with E-state index in [1.165, 1.54) is 23.9 Å². The first-order chi connectivity index (χ1) is 17.1. The van der Waals surface area contributed by atoms with Crippen LogP contribution in [0.1, 0.15) is 36.8 Å². The molecule has 3 aromatic rings. The van der Waals surface area contributed by atoms with Gasteiger partial charge in [-0.3, -0.25) is 9.59 Å². The van der Waals surface area contributed by atoms with Crippen LogP contribution in [0.5, 0.6) is 0 Å². The Bertz CT molecular complexity index is 1090. The van der Waals surface area contributed by atoms with E-state index < -0.39 is 6.04 Å². The Hall–Kier alpha value is -3.12. The van der Waals surface area contributed by atoms with Gasteiger partial charge >= 0.3 is 0 Å². The Morgan fingerprint density at radius 3 is 2.17 bits per heavy atom. The second-order valence-corrected chi connectivity index (χ2v) is 9.99. The molecule has 1 aliphatic rings. The molecule has 0 unspecified atom stereocenters. The topological polar surface area (TPSA) is 49.4 Å². The first-order valence-electron chi connectivity index (χ1n) is 12.1. The zero-order valence-corrected chi connectivity index (χ0v) is 20.6. The third-order valence-corrected chi connectivity index (χ3v) is 7.34. The van der Waals surface area contributed by atoms with Gasteiger partial charge in [0.1, 0.15) is 11.9 Å². The first kappa shape index (κ1) is 25.0. The second-order valence-electron chi connectivity index (χ2n) is 8.95. The molecule has 4 nitrogen and oxygen atoms in total. The van der Waals surface area contributed by atoms with E-state index in [4.69, 9.17) is 0 Å². The molecule has 0 heterocycles. The Morgan fingerprint density at radius 1 is 0.886 bits per heavy atom. The van der Waals surface area contributed by atoms with Gasteiger partial charge in [0.2, 0.25) is 11.8 Å². The Kier molecular flexibility index (Phi) is 8.96. The smallest absolute Gasteiger partial charge is 0.243 e. The lowest BCUT2D eigenvalue weighted by Crippen LogP contribution is -2.52. The van der Waals surface area contributed by atoms with E-state index >= 15 is 0 Å². The minimum absolute atomic E-state index is 0.120. The van der Waals surface area contributed by atoms with E-state index in [0.717, 1.165) is 41.7 Å². The average Bonchev–Trinajstić information content (AvgIpc) is 3.40. The number of hydrogen-bond donors (Lipinski definition) is 1. The summed E-state index contributed by atoms with van der Waals surface area (Å²) in [5.74, 6) is -0.356. The van der Waals surface area contributed by atoms with Crippen LogP contribution in [0.2, 0.25) is 0 Å². The van der Waals surface area contributed by atoms with Crippen molar-refractivity contribution in [3.8, 4) is 0 Å². The fourth-order valence-corrected chi connectivity index (χ4v) is 5.26. The number of rotatable bonds is 10. The molecule has 3 aromatic carbocycles. The summed E-state index contributed by atoms with van der Waals surface area (Å²) in [6, 6.07) is 25.2. The van der Waals surface area contributed by atoms with Crippen LogP contribution in [0.4, 0.5) is 4.39 Å². The molecule has 1 N–H and O–H groups in total. The highest BCUT2D eigenvalue weighted by atomic mass is 32.2. The number of halogens is 1. The molecule has 2 amide bonds. The van der Waals surface area contributed by atoms with E-state index in [1.54, 1.807) is 17.0 Å². The third kappa shape index (κ3) is 7.43. The zero-order chi connectivity index (χ0) is 24.5. The summed E-state index contributed by atoms with van der Waals surface area (Å²) >= 11 is 1.46. The lowest BCUT2D eigenvalue weighted by Gasteiger charge is -2.32. The predicted molar refractivity (Wildman–Crippen MR) is 138 cm³/mol. The molecular formula is C29H31FN2O2S. The molecule has 1 aliphatic carbocycles. The van der Waals surface area contributed by atoms with Gasteiger partial charge in [0.05, 0.1) is 5.75 Å². The Labute approximate surface area is 210 Å². The fraction of sp³-hybridized carbons (Fsp3) is 0.310. The SMILES string of the molecule is O=C(NC1CCCC1)[C@H](Cc1ccccc1)N(Cc1ccc(F)cc1)C(=O)CSc1ccccc1. The van der Waals surface area contributed by atoms with Crippen molar-refractivity contribution in [2.75, 3.05) is 5.75 Å². The van der Waals surface area contributed by atoms with Crippen molar-refractivity contribution in [1.82, 2.24) is 10.2 Å². The van der Waals surface area contributed by atoms with E-state index in [2.05, 4.69) is 5.32 Å². The molecule has 0 aliphatic heterocycles. The molecule has 6 heteroatoms. The number of nitrogens with zero attached hydrogens (tertiary/aromatic N) is 1. The van der Waals surface area contributed by atoms with Gasteiger partial charge in [0, 0.05) is 23.9 Å². The quantitative estimate of drug-likeness (QED) is 0.376. The number of carbonyl (C=O) groups is 2. The summed E-state index contributed by atoms with van der Waals surface area (Å²) in [6.07, 6.45) is 4.59. The highest BCUT2D eigenvalue weighted by molar-refractivity contribution is 8.00. The average molecular weight is 491 g/mol. The normalized spacial score (nSPS) is 14.4. The van der Waals surface area contributed by atoms with Crippen LogP contribution in [-0.4, -0.2) is 34.6 Å².